The van der Waals surface area contributed by atoms with E-state index >= 15 is 0 Å². The van der Waals surface area contributed by atoms with Gasteiger partial charge < -0.3 is 23.1 Å². The summed E-state index contributed by atoms with van der Waals surface area (Å²) >= 11 is 3.66. The summed E-state index contributed by atoms with van der Waals surface area (Å²) in [5.74, 6) is 0. The number of anilines is 6. The summed E-state index contributed by atoms with van der Waals surface area (Å²) in [7, 11) is 0. The molecule has 0 spiro atoms. The maximum absolute atomic E-state index is 6.74. The smallest absolute Gasteiger partial charge is 0.137 e. The van der Waals surface area contributed by atoms with Crippen LogP contribution in [0.4, 0.5) is 34.1 Å². The maximum Gasteiger partial charge on any atom is 0.137 e. The average Bonchev–Trinajstić information content (AvgIpc) is 4.19. The molecule has 0 bridgehead atoms. The lowest BCUT2D eigenvalue weighted by Gasteiger charge is -2.25. The number of rotatable bonds is 6. The predicted octanol–water partition coefficient (Wildman–Crippen LogP) is 19.1. The van der Waals surface area contributed by atoms with Crippen LogP contribution >= 0.6 is 22.7 Å². The molecule has 0 atom stereocenters. The van der Waals surface area contributed by atoms with Crippen molar-refractivity contribution in [2.45, 2.75) is 0 Å². The van der Waals surface area contributed by atoms with Crippen molar-refractivity contribution in [3.05, 3.63) is 206 Å². The highest BCUT2D eigenvalue weighted by molar-refractivity contribution is 7.26. The van der Waals surface area contributed by atoms with Gasteiger partial charge in [-0.15, -0.1) is 22.7 Å². The first kappa shape index (κ1) is 36.9. The molecule has 15 rings (SSSR count). The number of para-hydroxylation sites is 2. The van der Waals surface area contributed by atoms with E-state index in [1.54, 1.807) is 0 Å². The highest BCUT2D eigenvalue weighted by Crippen LogP contribution is 2.46. The molecule has 5 nitrogen and oxygen atoms in total. The fraction of sp³-hybridized carbons (Fsp3) is 0. The van der Waals surface area contributed by atoms with Crippen LogP contribution in [0.15, 0.2) is 220 Å². The molecule has 5 aromatic heterocycles. The molecule has 0 radical (unpaired) electrons. The molecule has 0 saturated carbocycles. The molecular weight excluding hydrogens is 861 g/mol. The summed E-state index contributed by atoms with van der Waals surface area (Å²) in [6, 6.07) is 73.5. The Balaban J connectivity index is 0.823. The topological polar surface area (TPSA) is 45.9 Å². The summed E-state index contributed by atoms with van der Waals surface area (Å²) in [5, 5.41) is 11.2. The van der Waals surface area contributed by atoms with Crippen molar-refractivity contribution >= 4 is 163 Å². The zero-order valence-corrected chi connectivity index (χ0v) is 37.2. The van der Waals surface area contributed by atoms with Gasteiger partial charge in [-0.05, 0) is 109 Å². The van der Waals surface area contributed by atoms with Crippen molar-refractivity contribution in [3.63, 3.8) is 0 Å². The summed E-state index contributed by atoms with van der Waals surface area (Å²) in [6.07, 6.45) is 0. The SMILES string of the molecule is c1ccc(N(c2ccc3c(c2)oc2cc4c(cc23)oc2cc3c(cc24)oc2cc(N(c4ccccc4)c4ccc5c(c4)sc4ccccc45)ccc23)c2ccc3c(c2)sc2ccccc23)cc1. The van der Waals surface area contributed by atoms with Gasteiger partial charge in [0.1, 0.15) is 33.5 Å². The average molecular weight is 895 g/mol. The van der Waals surface area contributed by atoms with Gasteiger partial charge in [-0.2, -0.15) is 0 Å². The van der Waals surface area contributed by atoms with Gasteiger partial charge in [0.2, 0.25) is 0 Å². The lowest BCUT2D eigenvalue weighted by molar-refractivity contribution is 0.662. The fourth-order valence-corrected chi connectivity index (χ4v) is 12.6. The van der Waals surface area contributed by atoms with Crippen LogP contribution in [0.2, 0.25) is 0 Å². The number of benzene rings is 10. The van der Waals surface area contributed by atoms with Gasteiger partial charge in [0.25, 0.3) is 0 Å². The van der Waals surface area contributed by atoms with E-state index in [0.717, 1.165) is 99.9 Å². The van der Waals surface area contributed by atoms with Crippen molar-refractivity contribution in [3.8, 4) is 0 Å². The summed E-state index contributed by atoms with van der Waals surface area (Å²) in [6.45, 7) is 0. The van der Waals surface area contributed by atoms with Gasteiger partial charge in [-0.3, -0.25) is 0 Å². The van der Waals surface area contributed by atoms with Crippen molar-refractivity contribution in [1.82, 2.24) is 0 Å². The summed E-state index contributed by atoms with van der Waals surface area (Å²) in [5.41, 5.74) is 11.3. The van der Waals surface area contributed by atoms with Gasteiger partial charge in [0.05, 0.1) is 0 Å². The largest absolute Gasteiger partial charge is 0.456 e. The quantitative estimate of drug-likeness (QED) is 0.166. The normalized spacial score (nSPS) is 12.2. The first-order chi connectivity index (χ1) is 33.1. The van der Waals surface area contributed by atoms with Crippen molar-refractivity contribution in [2.75, 3.05) is 9.80 Å². The van der Waals surface area contributed by atoms with E-state index in [2.05, 4.69) is 216 Å². The third kappa shape index (κ3) is 5.65. The fourth-order valence-electron chi connectivity index (χ4n) is 10.3. The molecule has 7 heteroatoms. The zero-order valence-electron chi connectivity index (χ0n) is 35.6. The minimum Gasteiger partial charge on any atom is -0.456 e. The number of thiophene rings is 2. The van der Waals surface area contributed by atoms with Crippen molar-refractivity contribution in [2.24, 2.45) is 0 Å². The third-order valence-corrected chi connectivity index (χ3v) is 15.7. The Morgan fingerprint density at radius 2 is 0.537 bits per heavy atom. The minimum atomic E-state index is 0.810. The highest BCUT2D eigenvalue weighted by Gasteiger charge is 2.21. The number of fused-ring (bicyclic) bond motifs is 15. The predicted molar refractivity (Wildman–Crippen MR) is 283 cm³/mol. The molecule has 0 aliphatic heterocycles. The molecule has 0 fully saturated rings. The molecule has 0 N–H and O–H groups in total. The second-order valence-electron chi connectivity index (χ2n) is 17.3. The van der Waals surface area contributed by atoms with Gasteiger partial charge in [-0.1, -0.05) is 84.9 Å². The molecular formula is C60H34N2O3S2. The van der Waals surface area contributed by atoms with Crippen molar-refractivity contribution in [1.29, 1.82) is 0 Å². The Morgan fingerprint density at radius 1 is 0.224 bits per heavy atom. The second-order valence-corrected chi connectivity index (χ2v) is 19.4. The van der Waals surface area contributed by atoms with Gasteiger partial charge in [-0.25, -0.2) is 0 Å². The molecule has 0 saturated heterocycles. The second kappa shape index (κ2) is 14.1. The molecule has 0 aliphatic carbocycles. The first-order valence-corrected chi connectivity index (χ1v) is 24.0. The van der Waals surface area contributed by atoms with Gasteiger partial charge in [0.15, 0.2) is 0 Å². The van der Waals surface area contributed by atoms with Crippen LogP contribution < -0.4 is 9.80 Å². The summed E-state index contributed by atoms with van der Waals surface area (Å²) < 4.78 is 25.3. The third-order valence-electron chi connectivity index (χ3n) is 13.4. The molecule has 0 amide bonds. The number of hydrogen-bond acceptors (Lipinski definition) is 7. The van der Waals surface area contributed by atoms with E-state index in [1.807, 2.05) is 22.7 Å². The maximum atomic E-state index is 6.74. The minimum absolute atomic E-state index is 0.810. The molecule has 314 valence electrons. The lowest BCUT2D eigenvalue weighted by Crippen LogP contribution is -2.09. The van der Waals surface area contributed by atoms with E-state index in [0.29, 0.717) is 0 Å². The van der Waals surface area contributed by atoms with Crippen LogP contribution in [0, 0.1) is 0 Å². The Kier molecular flexibility index (Phi) is 7.75. The van der Waals surface area contributed by atoms with E-state index in [1.165, 1.54) is 40.3 Å². The Bertz CT molecular complexity index is 4190. The van der Waals surface area contributed by atoms with Gasteiger partial charge in [0, 0.05) is 119 Å². The van der Waals surface area contributed by atoms with Crippen LogP contribution in [0.1, 0.15) is 0 Å². The van der Waals surface area contributed by atoms with Crippen LogP contribution in [-0.2, 0) is 0 Å². The van der Waals surface area contributed by atoms with E-state index in [4.69, 9.17) is 13.3 Å². The molecule has 10 aromatic carbocycles. The van der Waals surface area contributed by atoms with Gasteiger partial charge >= 0.3 is 0 Å². The molecule has 67 heavy (non-hydrogen) atoms. The number of furan rings is 3. The zero-order chi connectivity index (χ0) is 43.7. The van der Waals surface area contributed by atoms with Crippen LogP contribution in [0.5, 0.6) is 0 Å². The van der Waals surface area contributed by atoms with E-state index in [-0.39, 0.29) is 0 Å². The highest BCUT2D eigenvalue weighted by atomic mass is 32.1. The van der Waals surface area contributed by atoms with E-state index < -0.39 is 0 Å². The lowest BCUT2D eigenvalue weighted by atomic mass is 10.1. The standard InChI is InChI=1S/C60H34N2O3S2/c1-3-11-35(12-4-1)61(39-21-25-45-43-15-7-9-17-57(43)66-59(45)29-39)37-19-23-41-47-31-55-49(33-53(47)63-51(41)27-37)50-34-54-48(32-56(50)65-55)42-24-20-38(28-52(42)64-54)62(36-13-5-2-6-14-36)40-22-26-46-44-16-8-10-18-58(44)67-60(46)30-40/h1-34H. The molecule has 0 unspecified atom stereocenters. The summed E-state index contributed by atoms with van der Waals surface area (Å²) in [4.78, 5) is 4.61. The molecule has 15 aromatic rings. The Hall–Kier alpha value is -8.36. The molecule has 5 heterocycles. The van der Waals surface area contributed by atoms with Crippen molar-refractivity contribution < 1.29 is 13.3 Å². The van der Waals surface area contributed by atoms with Crippen LogP contribution in [0.25, 0.3) is 106 Å². The van der Waals surface area contributed by atoms with Crippen LogP contribution in [-0.4, -0.2) is 0 Å². The van der Waals surface area contributed by atoms with E-state index in [9.17, 15) is 0 Å². The Morgan fingerprint density at radius 3 is 0.955 bits per heavy atom. The van der Waals surface area contributed by atoms with Crippen LogP contribution in [0.3, 0.4) is 0 Å². The number of nitrogens with zero attached hydrogens (tertiary/aromatic N) is 2. The first-order valence-electron chi connectivity index (χ1n) is 22.4. The number of hydrogen-bond donors (Lipinski definition) is 0. The Labute approximate surface area is 390 Å². The molecule has 0 aliphatic rings. The monoisotopic (exact) mass is 894 g/mol.